The molecule has 0 spiro atoms. The van der Waals surface area contributed by atoms with Crippen molar-refractivity contribution < 1.29 is 4.79 Å². The molecule has 18 aliphatic rings. The molecule has 0 aromatic heterocycles. The van der Waals surface area contributed by atoms with Gasteiger partial charge in [0.2, 0.25) is 0 Å². The van der Waals surface area contributed by atoms with Crippen LogP contribution < -0.4 is 0 Å². The van der Waals surface area contributed by atoms with Gasteiger partial charge in [-0.25, -0.2) is 0 Å². The van der Waals surface area contributed by atoms with Gasteiger partial charge in [-0.3, -0.25) is 4.79 Å². The van der Waals surface area contributed by atoms with E-state index in [-0.39, 0.29) is 5.78 Å². The first-order valence-corrected chi connectivity index (χ1v) is 22.7. The van der Waals surface area contributed by atoms with Crippen LogP contribution in [0, 0.1) is 201 Å². The van der Waals surface area contributed by atoms with E-state index in [9.17, 15) is 4.79 Å². The van der Waals surface area contributed by atoms with Gasteiger partial charge in [-0.2, -0.15) is 0 Å². The molecule has 0 bridgehead atoms. The summed E-state index contributed by atoms with van der Waals surface area (Å²) in [6.07, 6.45) is 22.3. The Hall–Kier alpha value is -0.850. The fourth-order valence-electron chi connectivity index (χ4n) is 27.2. The normalized spacial score (nSPS) is 81.5. The zero-order valence-electron chi connectivity index (χ0n) is 28.5. The van der Waals surface area contributed by atoms with Crippen molar-refractivity contribution in [2.24, 2.45) is 201 Å². The number of fused-ring (bicyclic) bond motifs is 8. The average Bonchev–Trinajstić information content (AvgIpc) is 3.62. The SMILES string of the molecule is O=C1C=CC(C2C3C4C5CCC6C7CCC8C9CCC%10C%11CCC%12C(C23)C2C4C3C5C6C4C7C8C5C9C%10C6C%11C%12C2C2C6C5C4C32)C=C1. The molecule has 0 saturated heterocycles. The van der Waals surface area contributed by atoms with Crippen LogP contribution in [0.15, 0.2) is 24.3 Å². The quantitative estimate of drug-likeness (QED) is 0.286. The molecule has 0 amide bonds. The highest BCUT2D eigenvalue weighted by molar-refractivity contribution is 6.00. The standard InChI is InChI=1S/C47H54O/c48-14-3-1-13(2-4-14)23-34-32-21-11-9-19-17-7-5-15-16-6-8-18-20-10-12-22-31-29(20)38-27(18)25(16)36-24(15)26(17)37-28(19)30(21)39-41(32)42(33(22)35(23)34)40(31)47-45(38)43(36)44(37)46(39)47/h1-4,13,15-47H,5-12H2. The van der Waals surface area contributed by atoms with E-state index in [0.717, 1.165) is 65.1 Å². The van der Waals surface area contributed by atoms with E-state index in [1.807, 2.05) is 12.2 Å². The van der Waals surface area contributed by atoms with Gasteiger partial charge in [-0.15, -0.1) is 0 Å². The average molecular weight is 635 g/mol. The van der Waals surface area contributed by atoms with Gasteiger partial charge in [0.25, 0.3) is 0 Å². The lowest BCUT2D eigenvalue weighted by molar-refractivity contribution is -0.148. The summed E-state index contributed by atoms with van der Waals surface area (Å²) in [4.78, 5) is 12.4. The Morgan fingerprint density at radius 3 is 0.812 bits per heavy atom. The van der Waals surface area contributed by atoms with E-state index in [2.05, 4.69) is 12.2 Å². The van der Waals surface area contributed by atoms with Gasteiger partial charge in [-0.1, -0.05) is 12.2 Å². The molecule has 0 heterocycles. The van der Waals surface area contributed by atoms with Gasteiger partial charge in [0.1, 0.15) is 0 Å². The molecule has 0 aromatic rings. The van der Waals surface area contributed by atoms with E-state index in [1.54, 1.807) is 51.4 Å². The number of ketones is 1. The molecule has 17 saturated carbocycles. The van der Waals surface area contributed by atoms with Crippen LogP contribution in [0.5, 0.6) is 0 Å². The highest BCUT2D eigenvalue weighted by atomic mass is 16.1. The number of hydrogen-bond acceptors (Lipinski definition) is 1. The maximum Gasteiger partial charge on any atom is 0.178 e. The van der Waals surface area contributed by atoms with Gasteiger partial charge in [0.15, 0.2) is 5.78 Å². The molecular weight excluding hydrogens is 581 g/mol. The lowest BCUT2D eigenvalue weighted by Gasteiger charge is -2.61. The van der Waals surface area contributed by atoms with Crippen LogP contribution in [0.3, 0.4) is 0 Å². The Balaban J connectivity index is 0.945. The van der Waals surface area contributed by atoms with Crippen LogP contribution in [-0.4, -0.2) is 5.78 Å². The molecule has 248 valence electrons. The van der Waals surface area contributed by atoms with Crippen molar-refractivity contribution in [2.75, 3.05) is 0 Å². The van der Waals surface area contributed by atoms with Crippen molar-refractivity contribution in [2.45, 2.75) is 51.4 Å². The Kier molecular flexibility index (Phi) is 3.55. The molecule has 30 atom stereocenters. The number of carbonyl (C=O) groups excluding carboxylic acids is 1. The van der Waals surface area contributed by atoms with E-state index >= 15 is 0 Å². The summed E-state index contributed by atoms with van der Waals surface area (Å²) < 4.78 is 0. The topological polar surface area (TPSA) is 17.1 Å². The van der Waals surface area contributed by atoms with Crippen molar-refractivity contribution in [3.8, 4) is 0 Å². The highest BCUT2D eigenvalue weighted by Gasteiger charge is 2.90. The van der Waals surface area contributed by atoms with Crippen LogP contribution in [0.1, 0.15) is 51.4 Å². The van der Waals surface area contributed by atoms with Gasteiger partial charge in [0.05, 0.1) is 0 Å². The Bertz CT molecular complexity index is 1630. The zero-order chi connectivity index (χ0) is 29.7. The predicted molar refractivity (Wildman–Crippen MR) is 179 cm³/mol. The summed E-state index contributed by atoms with van der Waals surface area (Å²) in [6, 6.07) is 0. The van der Waals surface area contributed by atoms with Crippen molar-refractivity contribution in [3.05, 3.63) is 24.3 Å². The van der Waals surface area contributed by atoms with Gasteiger partial charge >= 0.3 is 0 Å². The lowest BCUT2D eigenvalue weighted by atomic mass is 9.43. The summed E-state index contributed by atoms with van der Waals surface area (Å²) in [7, 11) is 0. The monoisotopic (exact) mass is 634 g/mol. The lowest BCUT2D eigenvalue weighted by Crippen LogP contribution is -2.58. The molecule has 0 aromatic carbocycles. The van der Waals surface area contributed by atoms with E-state index in [1.165, 1.54) is 130 Å². The van der Waals surface area contributed by atoms with Crippen LogP contribution in [0.4, 0.5) is 0 Å². The van der Waals surface area contributed by atoms with Gasteiger partial charge in [-0.05, 0) is 265 Å². The molecule has 30 unspecified atom stereocenters. The predicted octanol–water partition coefficient (Wildman–Crippen LogP) is 7.98. The summed E-state index contributed by atoms with van der Waals surface area (Å²) in [5.41, 5.74) is 0. The van der Waals surface area contributed by atoms with Gasteiger partial charge in [0, 0.05) is 0 Å². The summed E-state index contributed by atoms with van der Waals surface area (Å²) in [6.45, 7) is 0. The smallest absolute Gasteiger partial charge is 0.178 e. The maximum atomic E-state index is 12.4. The van der Waals surface area contributed by atoms with Gasteiger partial charge < -0.3 is 0 Å². The third-order valence-electron chi connectivity index (χ3n) is 25.4. The minimum atomic E-state index is 0.258. The molecule has 0 aliphatic heterocycles. The second-order valence-electron chi connectivity index (χ2n) is 23.8. The van der Waals surface area contributed by atoms with E-state index in [4.69, 9.17) is 0 Å². The Labute approximate surface area is 286 Å². The minimum Gasteiger partial charge on any atom is -0.290 e. The summed E-state index contributed by atoms with van der Waals surface area (Å²) in [5.74, 6) is 39.3. The third-order valence-corrected chi connectivity index (χ3v) is 25.4. The second kappa shape index (κ2) is 6.97. The molecule has 0 radical (unpaired) electrons. The summed E-state index contributed by atoms with van der Waals surface area (Å²) >= 11 is 0. The first-order valence-electron chi connectivity index (χ1n) is 22.7. The van der Waals surface area contributed by atoms with Crippen molar-refractivity contribution >= 4 is 5.78 Å². The van der Waals surface area contributed by atoms with Crippen molar-refractivity contribution in [1.82, 2.24) is 0 Å². The number of rotatable bonds is 1. The van der Waals surface area contributed by atoms with Crippen LogP contribution in [0.25, 0.3) is 0 Å². The molecule has 18 rings (SSSR count). The molecule has 17 fully saturated rings. The van der Waals surface area contributed by atoms with Crippen LogP contribution in [-0.2, 0) is 4.79 Å². The highest BCUT2D eigenvalue weighted by Crippen LogP contribution is 2.94. The fraction of sp³-hybridized carbons (Fsp3) is 0.894. The summed E-state index contributed by atoms with van der Waals surface area (Å²) in [5, 5.41) is 0. The largest absolute Gasteiger partial charge is 0.290 e. The zero-order valence-corrected chi connectivity index (χ0v) is 28.5. The van der Waals surface area contributed by atoms with E-state index < -0.39 is 0 Å². The Morgan fingerprint density at radius 1 is 0.271 bits per heavy atom. The molecule has 1 heteroatoms. The molecule has 0 N–H and O–H groups in total. The maximum absolute atomic E-state index is 12.4. The number of carbonyl (C=O) groups is 1. The number of hydrogen-bond donors (Lipinski definition) is 0. The third kappa shape index (κ3) is 1.97. The van der Waals surface area contributed by atoms with Crippen LogP contribution >= 0.6 is 0 Å². The van der Waals surface area contributed by atoms with Crippen molar-refractivity contribution in [3.63, 3.8) is 0 Å². The Morgan fingerprint density at radius 2 is 0.479 bits per heavy atom. The first kappa shape index (κ1) is 24.4. The second-order valence-corrected chi connectivity index (χ2v) is 23.8. The fourth-order valence-corrected chi connectivity index (χ4v) is 27.2. The first-order chi connectivity index (χ1) is 23.8. The molecule has 48 heavy (non-hydrogen) atoms. The minimum absolute atomic E-state index is 0.258. The van der Waals surface area contributed by atoms with Crippen molar-refractivity contribution in [1.29, 1.82) is 0 Å². The van der Waals surface area contributed by atoms with Crippen LogP contribution in [0.2, 0.25) is 0 Å². The molecule has 1 nitrogen and oxygen atoms in total. The molecule has 18 aliphatic carbocycles. The van der Waals surface area contributed by atoms with E-state index in [0.29, 0.717) is 5.92 Å². The molecular formula is C47H54O. The number of allylic oxidation sites excluding steroid dienone is 4.